The highest BCUT2D eigenvalue weighted by Gasteiger charge is 2.39. The summed E-state index contributed by atoms with van der Waals surface area (Å²) in [5.74, 6) is 3.25. The SMILES string of the molecule is CCC[C@H]1C[C@@H](n2c(C[C@H]3COCCN3)nc3ccccc32)CCN1C1C[C@H]2CCCC[C@@H](C1)C2. The van der Waals surface area contributed by atoms with Crippen molar-refractivity contribution >= 4 is 11.0 Å². The number of likely N-dealkylation sites (tertiary alicyclic amines) is 1. The summed E-state index contributed by atoms with van der Waals surface area (Å²) >= 11 is 0. The lowest BCUT2D eigenvalue weighted by Crippen LogP contribution is -2.51. The highest BCUT2D eigenvalue weighted by Crippen LogP contribution is 2.43. The van der Waals surface area contributed by atoms with Gasteiger partial charge in [-0.15, -0.1) is 0 Å². The van der Waals surface area contributed by atoms with Crippen molar-refractivity contribution in [3.05, 3.63) is 30.1 Å². The fraction of sp³-hybridized carbons (Fsp3) is 0.767. The maximum atomic E-state index is 5.78. The van der Waals surface area contributed by atoms with Crippen molar-refractivity contribution < 1.29 is 4.74 Å². The van der Waals surface area contributed by atoms with Gasteiger partial charge in [0.15, 0.2) is 0 Å². The third-order valence-electron chi connectivity index (χ3n) is 9.64. The van der Waals surface area contributed by atoms with E-state index >= 15 is 0 Å². The first-order valence-electron chi connectivity index (χ1n) is 14.8. The number of benzene rings is 1. The molecule has 3 heterocycles. The number of aromatic nitrogens is 2. The Balaban J connectivity index is 1.24. The minimum atomic E-state index is 0.372. The summed E-state index contributed by atoms with van der Waals surface area (Å²) in [5.41, 5.74) is 2.49. The Morgan fingerprint density at radius 2 is 1.83 bits per heavy atom. The van der Waals surface area contributed by atoms with E-state index < -0.39 is 0 Å². The number of imidazole rings is 1. The van der Waals surface area contributed by atoms with Gasteiger partial charge in [-0.2, -0.15) is 0 Å². The zero-order valence-corrected chi connectivity index (χ0v) is 21.8. The molecule has 4 fully saturated rings. The van der Waals surface area contributed by atoms with Crippen molar-refractivity contribution in [2.24, 2.45) is 11.8 Å². The Labute approximate surface area is 212 Å². The minimum absolute atomic E-state index is 0.372. The molecule has 2 aliphatic carbocycles. The Morgan fingerprint density at radius 1 is 1.00 bits per heavy atom. The first-order valence-corrected chi connectivity index (χ1v) is 14.8. The van der Waals surface area contributed by atoms with Gasteiger partial charge < -0.3 is 14.6 Å². The fourth-order valence-electron chi connectivity index (χ4n) is 8.13. The van der Waals surface area contributed by atoms with E-state index in [0.29, 0.717) is 18.1 Å². The number of fused-ring (bicyclic) bond motifs is 3. The molecule has 6 rings (SSSR count). The summed E-state index contributed by atoms with van der Waals surface area (Å²) in [6, 6.07) is 11.3. The summed E-state index contributed by atoms with van der Waals surface area (Å²) in [4.78, 5) is 8.16. The average molecular weight is 479 g/mol. The van der Waals surface area contributed by atoms with E-state index in [4.69, 9.17) is 9.72 Å². The van der Waals surface area contributed by atoms with Gasteiger partial charge in [-0.25, -0.2) is 4.98 Å². The number of hydrogen-bond acceptors (Lipinski definition) is 4. The molecule has 5 heteroatoms. The van der Waals surface area contributed by atoms with Crippen molar-refractivity contribution in [1.29, 1.82) is 0 Å². The van der Waals surface area contributed by atoms with Crippen LogP contribution in [0, 0.1) is 11.8 Å². The van der Waals surface area contributed by atoms with Gasteiger partial charge in [0.25, 0.3) is 0 Å². The Morgan fingerprint density at radius 3 is 2.60 bits per heavy atom. The van der Waals surface area contributed by atoms with E-state index in [1.165, 1.54) is 88.5 Å². The normalized spacial score (nSPS) is 34.7. The third-order valence-corrected chi connectivity index (χ3v) is 9.64. The fourth-order valence-corrected chi connectivity index (χ4v) is 8.13. The number of morpholine rings is 1. The van der Waals surface area contributed by atoms with E-state index in [2.05, 4.69) is 46.0 Å². The van der Waals surface area contributed by atoms with Gasteiger partial charge in [0.05, 0.1) is 24.2 Å². The lowest BCUT2D eigenvalue weighted by molar-refractivity contribution is 0.0230. The van der Waals surface area contributed by atoms with E-state index in [-0.39, 0.29) is 0 Å². The van der Waals surface area contributed by atoms with Crippen LogP contribution in [0.5, 0.6) is 0 Å². The second kappa shape index (κ2) is 10.9. The summed E-state index contributed by atoms with van der Waals surface area (Å²) < 4.78 is 8.42. The summed E-state index contributed by atoms with van der Waals surface area (Å²) in [6.45, 7) is 6.22. The molecule has 2 aliphatic heterocycles. The first-order chi connectivity index (χ1) is 17.3. The van der Waals surface area contributed by atoms with Crippen LogP contribution in [0.3, 0.4) is 0 Å². The molecule has 0 amide bonds. The van der Waals surface area contributed by atoms with Crippen LogP contribution in [0.4, 0.5) is 0 Å². The van der Waals surface area contributed by atoms with E-state index in [0.717, 1.165) is 49.6 Å². The van der Waals surface area contributed by atoms with Crippen molar-refractivity contribution in [1.82, 2.24) is 19.8 Å². The second-order valence-electron chi connectivity index (χ2n) is 12.1. The molecule has 0 spiro atoms. The standard InChI is InChI=1S/C30H46N4O/c1-2-7-25-20-26(12-14-33(25)27-17-22-8-3-4-9-23(16-22)18-27)34-29-11-6-5-10-28(29)32-30(34)19-24-21-35-15-13-31-24/h5-6,10-11,22-27,31H,2-4,7-9,12-21H2,1H3/t22-,23+,24-,25-,26-,27?/m0/s1. The van der Waals surface area contributed by atoms with Crippen molar-refractivity contribution in [2.75, 3.05) is 26.3 Å². The molecule has 2 bridgehead atoms. The zero-order valence-electron chi connectivity index (χ0n) is 21.8. The highest BCUT2D eigenvalue weighted by atomic mass is 16.5. The highest BCUT2D eigenvalue weighted by molar-refractivity contribution is 5.76. The van der Waals surface area contributed by atoms with Gasteiger partial charge in [-0.05, 0) is 62.5 Å². The third kappa shape index (κ3) is 5.19. The minimum Gasteiger partial charge on any atom is -0.379 e. The first kappa shape index (κ1) is 23.9. The summed E-state index contributed by atoms with van der Waals surface area (Å²) in [7, 11) is 0. The van der Waals surface area contributed by atoms with Gasteiger partial charge in [0.2, 0.25) is 0 Å². The van der Waals surface area contributed by atoms with Gasteiger partial charge >= 0.3 is 0 Å². The maximum absolute atomic E-state index is 5.78. The van der Waals surface area contributed by atoms with Crippen molar-refractivity contribution in [2.45, 2.75) is 108 Å². The smallest absolute Gasteiger partial charge is 0.111 e. The lowest BCUT2D eigenvalue weighted by atomic mass is 9.76. The Bertz CT molecular complexity index is 952. The van der Waals surface area contributed by atoms with Crippen molar-refractivity contribution in [3.63, 3.8) is 0 Å². The van der Waals surface area contributed by atoms with E-state index in [1.54, 1.807) is 0 Å². The van der Waals surface area contributed by atoms with Crippen LogP contribution >= 0.6 is 0 Å². The lowest BCUT2D eigenvalue weighted by Gasteiger charge is -2.48. The molecule has 2 aromatic rings. The predicted octanol–water partition coefficient (Wildman–Crippen LogP) is 5.73. The molecule has 35 heavy (non-hydrogen) atoms. The van der Waals surface area contributed by atoms with E-state index in [1.807, 2.05) is 0 Å². The van der Waals surface area contributed by atoms with Gasteiger partial charge in [-0.1, -0.05) is 51.2 Å². The maximum Gasteiger partial charge on any atom is 0.111 e. The molecule has 1 unspecified atom stereocenters. The van der Waals surface area contributed by atoms with E-state index in [9.17, 15) is 0 Å². The largest absolute Gasteiger partial charge is 0.379 e. The number of para-hydroxylation sites is 2. The number of hydrogen-bond donors (Lipinski definition) is 1. The molecule has 4 aliphatic rings. The Kier molecular flexibility index (Phi) is 7.46. The van der Waals surface area contributed by atoms with Crippen LogP contribution in [0.2, 0.25) is 0 Å². The molecular formula is C30H46N4O. The summed E-state index contributed by atoms with van der Waals surface area (Å²) in [5, 5.41) is 3.66. The van der Waals surface area contributed by atoms with Crippen LogP contribution < -0.4 is 5.32 Å². The number of nitrogens with one attached hydrogen (secondary N) is 1. The molecule has 0 radical (unpaired) electrons. The summed E-state index contributed by atoms with van der Waals surface area (Å²) in [6.07, 6.45) is 16.5. The molecule has 6 atom stereocenters. The average Bonchev–Trinajstić information content (AvgIpc) is 3.15. The number of nitrogens with zero attached hydrogens (tertiary/aromatic N) is 3. The molecule has 192 valence electrons. The number of ether oxygens (including phenoxy) is 1. The number of rotatable bonds is 6. The Hall–Kier alpha value is -1.43. The van der Waals surface area contributed by atoms with Crippen molar-refractivity contribution in [3.8, 4) is 0 Å². The zero-order chi connectivity index (χ0) is 23.6. The monoisotopic (exact) mass is 478 g/mol. The van der Waals surface area contributed by atoms with Crippen LogP contribution in [-0.2, 0) is 11.2 Å². The van der Waals surface area contributed by atoms with Crippen LogP contribution in [0.1, 0.15) is 89.4 Å². The molecule has 1 aromatic carbocycles. The van der Waals surface area contributed by atoms with Gasteiger partial charge in [0.1, 0.15) is 5.82 Å². The molecule has 2 saturated heterocycles. The second-order valence-corrected chi connectivity index (χ2v) is 12.1. The van der Waals surface area contributed by atoms with Crippen LogP contribution in [0.15, 0.2) is 24.3 Å². The number of piperidine rings is 1. The van der Waals surface area contributed by atoms with Gasteiger partial charge in [0, 0.05) is 43.7 Å². The molecule has 2 saturated carbocycles. The predicted molar refractivity (Wildman–Crippen MR) is 143 cm³/mol. The molecular weight excluding hydrogens is 432 g/mol. The van der Waals surface area contributed by atoms with Crippen LogP contribution in [-0.4, -0.2) is 58.9 Å². The van der Waals surface area contributed by atoms with Crippen LogP contribution in [0.25, 0.3) is 11.0 Å². The quantitative estimate of drug-likeness (QED) is 0.576. The van der Waals surface area contributed by atoms with Gasteiger partial charge in [-0.3, -0.25) is 4.90 Å². The topological polar surface area (TPSA) is 42.3 Å². The molecule has 5 nitrogen and oxygen atoms in total. The molecule has 1 N–H and O–H groups in total. The molecule has 1 aromatic heterocycles.